The Labute approximate surface area is 209 Å². The molecule has 1 aromatic carbocycles. The number of aliphatic carboxylic acids is 1. The van der Waals surface area contributed by atoms with Crippen molar-refractivity contribution < 1.29 is 28.6 Å². The molecule has 0 spiro atoms. The van der Waals surface area contributed by atoms with Gasteiger partial charge < -0.3 is 19.9 Å². The molecule has 1 saturated heterocycles. The number of rotatable bonds is 6. The van der Waals surface area contributed by atoms with Gasteiger partial charge in [0.1, 0.15) is 17.9 Å². The zero-order chi connectivity index (χ0) is 23.5. The van der Waals surface area contributed by atoms with E-state index in [1.807, 2.05) is 0 Å². The summed E-state index contributed by atoms with van der Waals surface area (Å²) >= 11 is 7.67. The molecule has 0 amide bonds. The fraction of sp³-hybridized carbons (Fsp3) is 0.333. The average Bonchev–Trinajstić information content (AvgIpc) is 3.33. The molecular formula is C21H21Cl2FN4O5S. The Bertz CT molecular complexity index is 1130. The molecule has 4 rings (SSSR count). The highest BCUT2D eigenvalue weighted by molar-refractivity contribution is 7.11. The Morgan fingerprint density at radius 1 is 1.44 bits per heavy atom. The van der Waals surface area contributed by atoms with Crippen LogP contribution in [0.5, 0.6) is 0 Å². The maximum atomic E-state index is 13.7. The van der Waals surface area contributed by atoms with E-state index in [2.05, 4.69) is 15.3 Å². The minimum atomic E-state index is -1.03. The van der Waals surface area contributed by atoms with Crippen LogP contribution < -0.4 is 5.32 Å². The van der Waals surface area contributed by atoms with E-state index in [1.54, 1.807) is 16.5 Å². The second-order valence-electron chi connectivity index (χ2n) is 7.29. The number of esters is 1. The zero-order valence-corrected chi connectivity index (χ0v) is 20.3. The van der Waals surface area contributed by atoms with E-state index in [-0.39, 0.29) is 36.2 Å². The molecule has 2 aliphatic rings. The Hall–Kier alpha value is -2.57. The molecule has 2 unspecified atom stereocenters. The molecule has 3 heterocycles. The molecule has 13 heteroatoms. The number of amidine groups is 1. The van der Waals surface area contributed by atoms with Gasteiger partial charge in [-0.3, -0.25) is 14.7 Å². The third kappa shape index (κ3) is 5.39. The Morgan fingerprint density at radius 2 is 2.24 bits per heavy atom. The van der Waals surface area contributed by atoms with Crippen LogP contribution in [-0.2, 0) is 19.1 Å². The number of morpholine rings is 1. The van der Waals surface area contributed by atoms with Crippen LogP contribution in [0.1, 0.15) is 16.6 Å². The lowest BCUT2D eigenvalue weighted by atomic mass is 9.95. The van der Waals surface area contributed by atoms with Crippen LogP contribution in [0.3, 0.4) is 0 Å². The number of benzene rings is 1. The van der Waals surface area contributed by atoms with Crippen LogP contribution >= 0.6 is 35.3 Å². The predicted octanol–water partition coefficient (Wildman–Crippen LogP) is 2.66. The van der Waals surface area contributed by atoms with Gasteiger partial charge in [0.25, 0.3) is 0 Å². The van der Waals surface area contributed by atoms with Crippen LogP contribution in [0, 0.1) is 5.82 Å². The van der Waals surface area contributed by atoms with Crippen molar-refractivity contribution >= 4 is 53.1 Å². The number of carboxylic acid groups (broad SMARTS) is 1. The summed E-state index contributed by atoms with van der Waals surface area (Å²) in [6, 6.07) is 2.05. The second-order valence-corrected chi connectivity index (χ2v) is 8.59. The molecule has 0 bridgehead atoms. The van der Waals surface area contributed by atoms with E-state index in [4.69, 9.17) is 21.1 Å². The molecule has 2 N–H and O–H groups in total. The number of nitrogens with one attached hydrogen (secondary N) is 1. The number of halogens is 3. The maximum absolute atomic E-state index is 13.7. The van der Waals surface area contributed by atoms with Gasteiger partial charge in [-0.1, -0.05) is 17.7 Å². The van der Waals surface area contributed by atoms with Crippen LogP contribution in [0.4, 0.5) is 4.39 Å². The van der Waals surface area contributed by atoms with Gasteiger partial charge in [-0.25, -0.2) is 14.2 Å². The summed E-state index contributed by atoms with van der Waals surface area (Å²) in [4.78, 5) is 35.3. The summed E-state index contributed by atoms with van der Waals surface area (Å²) in [6.45, 7) is 0.814. The third-order valence-electron chi connectivity index (χ3n) is 5.31. The first kappa shape index (κ1) is 26.0. The number of methoxy groups -OCH3 is 1. The van der Waals surface area contributed by atoms with Crippen molar-refractivity contribution in [1.82, 2.24) is 15.2 Å². The van der Waals surface area contributed by atoms with Crippen LogP contribution in [0.25, 0.3) is 0 Å². The number of hydrogen-bond donors (Lipinski definition) is 2. The molecule has 2 aliphatic heterocycles. The number of carbonyl (C=O) groups excluding carboxylic acids is 1. The van der Waals surface area contributed by atoms with Gasteiger partial charge in [-0.2, -0.15) is 0 Å². The Morgan fingerprint density at radius 3 is 2.88 bits per heavy atom. The summed E-state index contributed by atoms with van der Waals surface area (Å²) in [5.74, 6) is -1.83. The van der Waals surface area contributed by atoms with Crippen molar-refractivity contribution in [2.24, 2.45) is 4.99 Å². The fourth-order valence-electron chi connectivity index (χ4n) is 3.73. The van der Waals surface area contributed by atoms with Gasteiger partial charge >= 0.3 is 11.9 Å². The first-order valence-corrected chi connectivity index (χ1v) is 11.2. The van der Waals surface area contributed by atoms with Crippen molar-refractivity contribution in [3.8, 4) is 0 Å². The molecular weight excluding hydrogens is 510 g/mol. The number of aliphatic imine (C=N–C) groups is 1. The van der Waals surface area contributed by atoms with E-state index in [0.29, 0.717) is 35.3 Å². The van der Waals surface area contributed by atoms with Crippen molar-refractivity contribution in [2.45, 2.75) is 12.1 Å². The third-order valence-corrected chi connectivity index (χ3v) is 6.42. The molecule has 2 aromatic rings. The van der Waals surface area contributed by atoms with Crippen LogP contribution in [0.15, 0.2) is 46.0 Å². The second kappa shape index (κ2) is 11.2. The largest absolute Gasteiger partial charge is 0.480 e. The van der Waals surface area contributed by atoms with Crippen molar-refractivity contribution in [3.63, 3.8) is 0 Å². The van der Waals surface area contributed by atoms with Gasteiger partial charge in [-0.15, -0.1) is 23.7 Å². The van der Waals surface area contributed by atoms with Gasteiger partial charge in [-0.05, 0) is 12.1 Å². The molecule has 2 atom stereocenters. The molecule has 0 saturated carbocycles. The highest BCUT2D eigenvalue weighted by atomic mass is 35.5. The highest BCUT2D eigenvalue weighted by Gasteiger charge is 2.37. The number of ether oxygens (including phenoxy) is 2. The summed E-state index contributed by atoms with van der Waals surface area (Å²) in [6.07, 6.45) is 1.62. The van der Waals surface area contributed by atoms with Crippen molar-refractivity contribution in [1.29, 1.82) is 0 Å². The average molecular weight is 531 g/mol. The maximum Gasteiger partial charge on any atom is 0.338 e. The van der Waals surface area contributed by atoms with E-state index < -0.39 is 29.8 Å². The van der Waals surface area contributed by atoms with E-state index in [9.17, 15) is 19.1 Å². The minimum absolute atomic E-state index is 0. The predicted molar refractivity (Wildman–Crippen MR) is 126 cm³/mol. The minimum Gasteiger partial charge on any atom is -0.480 e. The van der Waals surface area contributed by atoms with Crippen LogP contribution in [0.2, 0.25) is 5.02 Å². The topological polar surface area (TPSA) is 113 Å². The summed E-state index contributed by atoms with van der Waals surface area (Å²) in [5.41, 5.74) is 0.964. The SMILES string of the molecule is COC(=O)C1=C(CN2CCOCC2C(=O)O)NC(c2nccs2)=NC1c1ccc(F)cc1Cl.Cl. The normalized spacial score (nSPS) is 20.7. The Kier molecular flexibility index (Phi) is 8.61. The summed E-state index contributed by atoms with van der Waals surface area (Å²) < 4.78 is 24.1. The summed E-state index contributed by atoms with van der Waals surface area (Å²) in [5, 5.41) is 15.2. The van der Waals surface area contributed by atoms with E-state index in [0.717, 1.165) is 6.07 Å². The van der Waals surface area contributed by atoms with Gasteiger partial charge in [0, 0.05) is 40.9 Å². The fourth-order valence-corrected chi connectivity index (χ4v) is 4.58. The number of carboxylic acids is 1. The quantitative estimate of drug-likeness (QED) is 0.548. The molecule has 1 fully saturated rings. The number of thiazole rings is 1. The smallest absolute Gasteiger partial charge is 0.338 e. The van der Waals surface area contributed by atoms with Gasteiger partial charge in [0.05, 0.1) is 25.9 Å². The summed E-state index contributed by atoms with van der Waals surface area (Å²) in [7, 11) is 1.24. The molecule has 182 valence electrons. The zero-order valence-electron chi connectivity index (χ0n) is 17.9. The molecule has 9 nitrogen and oxygen atoms in total. The molecule has 34 heavy (non-hydrogen) atoms. The highest BCUT2D eigenvalue weighted by Crippen LogP contribution is 2.37. The first-order chi connectivity index (χ1) is 15.9. The van der Waals surface area contributed by atoms with E-state index in [1.165, 1.54) is 30.6 Å². The lowest BCUT2D eigenvalue weighted by Crippen LogP contribution is -2.52. The lowest BCUT2D eigenvalue weighted by Gasteiger charge is -2.35. The number of aromatic nitrogens is 1. The molecule has 1 aromatic heterocycles. The lowest BCUT2D eigenvalue weighted by molar-refractivity contribution is -0.149. The number of carbonyl (C=O) groups is 2. The van der Waals surface area contributed by atoms with E-state index >= 15 is 0 Å². The number of hydrogen-bond acceptors (Lipinski definition) is 9. The monoisotopic (exact) mass is 530 g/mol. The number of nitrogens with zero attached hydrogens (tertiary/aromatic N) is 3. The van der Waals surface area contributed by atoms with Gasteiger partial charge in [0.2, 0.25) is 0 Å². The first-order valence-electron chi connectivity index (χ1n) is 9.94. The molecule has 0 radical (unpaired) electrons. The van der Waals surface area contributed by atoms with Crippen molar-refractivity contribution in [2.75, 3.05) is 33.4 Å². The molecule has 0 aliphatic carbocycles. The Balaban J connectivity index is 0.00000324. The standard InChI is InChI=1S/C21H20ClFN4O5S.ClH/c1-31-21(30)16-14(9-27-5-6-32-10-15(27)20(28)29)25-18(19-24-4-7-33-19)26-17(16)12-3-2-11(23)8-13(12)22;/h2-4,7-8,15,17H,5-6,9-10H2,1H3,(H,25,26)(H,28,29);1H. The van der Waals surface area contributed by atoms with Crippen molar-refractivity contribution in [3.05, 3.63) is 62.5 Å². The van der Waals surface area contributed by atoms with Gasteiger partial charge in [0.15, 0.2) is 10.8 Å². The van der Waals surface area contributed by atoms with Crippen LogP contribution in [-0.4, -0.2) is 72.2 Å².